The van der Waals surface area contributed by atoms with Crippen molar-refractivity contribution in [3.05, 3.63) is 23.2 Å². The molecule has 1 fully saturated rings. The molecule has 18 heavy (non-hydrogen) atoms. The van der Waals surface area contributed by atoms with Crippen LogP contribution >= 0.6 is 0 Å². The average molecular weight is 251 g/mol. The fourth-order valence-corrected chi connectivity index (χ4v) is 2.63. The van der Waals surface area contributed by atoms with Crippen LogP contribution in [0.15, 0.2) is 10.5 Å². The summed E-state index contributed by atoms with van der Waals surface area (Å²) in [5.74, 6) is 1.04. The average Bonchev–Trinajstić information content (AvgIpc) is 2.65. The highest BCUT2D eigenvalue weighted by molar-refractivity contribution is 5.88. The van der Waals surface area contributed by atoms with Gasteiger partial charge in [-0.1, -0.05) is 6.92 Å². The molecule has 0 aromatic carbocycles. The van der Waals surface area contributed by atoms with Crippen molar-refractivity contribution in [2.45, 2.75) is 46.2 Å². The molecule has 0 spiro atoms. The van der Waals surface area contributed by atoms with Gasteiger partial charge in [-0.25, -0.2) is 4.79 Å². The Morgan fingerprint density at radius 3 is 2.83 bits per heavy atom. The Balaban J connectivity index is 2.08. The molecule has 0 amide bonds. The summed E-state index contributed by atoms with van der Waals surface area (Å²) in [6.45, 7) is 7.95. The number of hydrogen-bond acceptors (Lipinski definition) is 3. The van der Waals surface area contributed by atoms with Gasteiger partial charge in [0.25, 0.3) is 0 Å². The lowest BCUT2D eigenvalue weighted by Crippen LogP contribution is -2.40. The molecule has 1 aromatic heterocycles. The third-order valence-corrected chi connectivity index (χ3v) is 3.80. The summed E-state index contributed by atoms with van der Waals surface area (Å²) < 4.78 is 5.54. The highest BCUT2D eigenvalue weighted by Gasteiger charge is 2.24. The van der Waals surface area contributed by atoms with Crippen LogP contribution in [0.2, 0.25) is 0 Å². The highest BCUT2D eigenvalue weighted by Crippen LogP contribution is 2.24. The molecule has 1 aliphatic heterocycles. The van der Waals surface area contributed by atoms with E-state index in [0.717, 1.165) is 12.3 Å². The Morgan fingerprint density at radius 2 is 2.22 bits per heavy atom. The molecule has 1 aromatic rings. The van der Waals surface area contributed by atoms with Crippen LogP contribution in [-0.2, 0) is 6.54 Å². The molecular weight excluding hydrogens is 230 g/mol. The van der Waals surface area contributed by atoms with Gasteiger partial charge in [0.2, 0.25) is 0 Å². The molecular formula is C14H21NO3. The van der Waals surface area contributed by atoms with E-state index in [9.17, 15) is 4.79 Å². The smallest absolute Gasteiger partial charge is 0.339 e. The van der Waals surface area contributed by atoms with Crippen LogP contribution in [0.1, 0.15) is 48.6 Å². The number of rotatable bonds is 3. The quantitative estimate of drug-likeness (QED) is 0.897. The van der Waals surface area contributed by atoms with Crippen LogP contribution in [0.25, 0.3) is 0 Å². The Bertz CT molecular complexity index is 438. The number of furan rings is 1. The molecule has 2 atom stereocenters. The zero-order valence-corrected chi connectivity index (χ0v) is 11.3. The van der Waals surface area contributed by atoms with Crippen LogP contribution in [0.3, 0.4) is 0 Å². The first-order chi connectivity index (χ1) is 8.47. The topological polar surface area (TPSA) is 53.7 Å². The number of likely N-dealkylation sites (tertiary alicyclic amines) is 1. The van der Waals surface area contributed by atoms with Gasteiger partial charge >= 0.3 is 5.97 Å². The van der Waals surface area contributed by atoms with Crippen molar-refractivity contribution in [1.82, 2.24) is 4.90 Å². The third kappa shape index (κ3) is 2.75. The van der Waals surface area contributed by atoms with Crippen LogP contribution in [0.5, 0.6) is 0 Å². The number of hydrogen-bond donors (Lipinski definition) is 1. The maximum Gasteiger partial charge on any atom is 0.339 e. The number of piperidine rings is 1. The predicted octanol–water partition coefficient (Wildman–Crippen LogP) is 2.91. The van der Waals surface area contributed by atoms with Gasteiger partial charge < -0.3 is 9.52 Å². The van der Waals surface area contributed by atoms with E-state index in [1.54, 1.807) is 13.0 Å². The molecule has 1 N–H and O–H groups in total. The van der Waals surface area contributed by atoms with Gasteiger partial charge in [0, 0.05) is 12.6 Å². The normalized spacial score (nSPS) is 25.3. The van der Waals surface area contributed by atoms with E-state index in [4.69, 9.17) is 9.52 Å². The molecule has 4 heteroatoms. The zero-order chi connectivity index (χ0) is 13.3. The van der Waals surface area contributed by atoms with Gasteiger partial charge in [0.15, 0.2) is 0 Å². The summed E-state index contributed by atoms with van der Waals surface area (Å²) in [5.41, 5.74) is 0.280. The zero-order valence-electron chi connectivity index (χ0n) is 11.3. The molecule has 100 valence electrons. The second kappa shape index (κ2) is 5.14. The summed E-state index contributed by atoms with van der Waals surface area (Å²) >= 11 is 0. The molecule has 1 saturated heterocycles. The lowest BCUT2D eigenvalue weighted by Gasteiger charge is -2.36. The molecule has 0 bridgehead atoms. The van der Waals surface area contributed by atoms with E-state index >= 15 is 0 Å². The molecule has 4 nitrogen and oxygen atoms in total. The SMILES string of the molecule is Cc1oc(CN2CC(C)CCC2C)cc1C(=O)O. The standard InChI is InChI=1S/C14H21NO3/c1-9-4-5-10(2)15(7-9)8-12-6-13(14(16)17)11(3)18-12/h6,9-10H,4-5,7-8H2,1-3H3,(H,16,17). The third-order valence-electron chi connectivity index (χ3n) is 3.80. The summed E-state index contributed by atoms with van der Waals surface area (Å²) in [7, 11) is 0. The van der Waals surface area contributed by atoms with E-state index in [-0.39, 0.29) is 5.56 Å². The Morgan fingerprint density at radius 1 is 1.50 bits per heavy atom. The number of nitrogens with zero attached hydrogens (tertiary/aromatic N) is 1. The van der Waals surface area contributed by atoms with Crippen LogP contribution < -0.4 is 0 Å². The lowest BCUT2D eigenvalue weighted by molar-refractivity contribution is 0.0695. The van der Waals surface area contributed by atoms with Gasteiger partial charge in [-0.3, -0.25) is 4.90 Å². The Hall–Kier alpha value is -1.29. The molecule has 2 heterocycles. The van der Waals surface area contributed by atoms with Gasteiger partial charge in [0.1, 0.15) is 17.1 Å². The lowest BCUT2D eigenvalue weighted by atomic mass is 9.95. The van der Waals surface area contributed by atoms with Crippen molar-refractivity contribution in [2.75, 3.05) is 6.54 Å². The maximum absolute atomic E-state index is 11.0. The minimum absolute atomic E-state index is 0.280. The minimum atomic E-state index is -0.914. The fraction of sp³-hybridized carbons (Fsp3) is 0.643. The number of carboxylic acid groups (broad SMARTS) is 1. The van der Waals surface area contributed by atoms with E-state index in [1.807, 2.05) is 0 Å². The number of carbonyl (C=O) groups is 1. The first kappa shape index (κ1) is 13.1. The van der Waals surface area contributed by atoms with E-state index in [1.165, 1.54) is 12.8 Å². The van der Waals surface area contributed by atoms with Gasteiger partial charge in [-0.05, 0) is 38.7 Å². The number of aromatic carboxylic acids is 1. The van der Waals surface area contributed by atoms with Crippen LogP contribution in [-0.4, -0.2) is 28.6 Å². The van der Waals surface area contributed by atoms with Crippen LogP contribution in [0.4, 0.5) is 0 Å². The van der Waals surface area contributed by atoms with Crippen LogP contribution in [0, 0.1) is 12.8 Å². The van der Waals surface area contributed by atoms with Gasteiger partial charge in [-0.15, -0.1) is 0 Å². The molecule has 0 radical (unpaired) electrons. The first-order valence-corrected chi connectivity index (χ1v) is 6.54. The van der Waals surface area contributed by atoms with Gasteiger partial charge in [0.05, 0.1) is 6.54 Å². The second-order valence-electron chi connectivity index (χ2n) is 5.45. The Labute approximate surface area is 108 Å². The first-order valence-electron chi connectivity index (χ1n) is 6.54. The maximum atomic E-state index is 11.0. The van der Waals surface area contributed by atoms with Crippen molar-refractivity contribution in [3.63, 3.8) is 0 Å². The minimum Gasteiger partial charge on any atom is -0.478 e. The summed E-state index contributed by atoms with van der Waals surface area (Å²) in [4.78, 5) is 13.3. The van der Waals surface area contributed by atoms with Crippen molar-refractivity contribution >= 4 is 5.97 Å². The second-order valence-corrected chi connectivity index (χ2v) is 5.45. The molecule has 2 rings (SSSR count). The predicted molar refractivity (Wildman–Crippen MR) is 68.7 cm³/mol. The number of aryl methyl sites for hydroxylation is 1. The van der Waals surface area contributed by atoms with Crippen molar-refractivity contribution < 1.29 is 14.3 Å². The molecule has 1 aliphatic rings. The largest absolute Gasteiger partial charge is 0.478 e. The Kier molecular flexibility index (Phi) is 3.76. The van der Waals surface area contributed by atoms with E-state index < -0.39 is 5.97 Å². The highest BCUT2D eigenvalue weighted by atomic mass is 16.4. The summed E-state index contributed by atoms with van der Waals surface area (Å²) in [5, 5.41) is 9.01. The summed E-state index contributed by atoms with van der Waals surface area (Å²) in [6.07, 6.45) is 2.47. The fourth-order valence-electron chi connectivity index (χ4n) is 2.63. The number of carboxylic acids is 1. The van der Waals surface area contributed by atoms with E-state index in [0.29, 0.717) is 24.3 Å². The van der Waals surface area contributed by atoms with Crippen molar-refractivity contribution in [3.8, 4) is 0 Å². The molecule has 0 aliphatic carbocycles. The van der Waals surface area contributed by atoms with Crippen molar-refractivity contribution in [1.29, 1.82) is 0 Å². The van der Waals surface area contributed by atoms with Gasteiger partial charge in [-0.2, -0.15) is 0 Å². The monoisotopic (exact) mass is 251 g/mol. The molecule has 0 saturated carbocycles. The van der Waals surface area contributed by atoms with Crippen molar-refractivity contribution in [2.24, 2.45) is 5.92 Å². The molecule has 2 unspecified atom stereocenters. The van der Waals surface area contributed by atoms with E-state index in [2.05, 4.69) is 18.7 Å². The summed E-state index contributed by atoms with van der Waals surface area (Å²) in [6, 6.07) is 2.20.